The average molecular weight is 352 g/mol. The van der Waals surface area contributed by atoms with Gasteiger partial charge in [0.25, 0.3) is 5.91 Å². The van der Waals surface area contributed by atoms with Crippen molar-refractivity contribution in [2.75, 3.05) is 5.32 Å². The molecule has 3 aromatic rings. The zero-order valence-corrected chi connectivity index (χ0v) is 15.3. The zero-order chi connectivity index (χ0) is 17.8. The minimum absolute atomic E-state index is 0.113. The maximum atomic E-state index is 12.4. The van der Waals surface area contributed by atoms with Crippen LogP contribution in [-0.4, -0.2) is 17.0 Å². The van der Waals surface area contributed by atoms with Crippen LogP contribution in [0.1, 0.15) is 29.9 Å². The number of anilines is 1. The molecule has 0 saturated heterocycles. The number of carbonyl (C=O) groups excluding carboxylic acids is 1. The summed E-state index contributed by atoms with van der Waals surface area (Å²) in [5, 5.41) is 5.44. The Hall–Kier alpha value is -2.66. The van der Waals surface area contributed by atoms with Crippen molar-refractivity contribution in [3.63, 3.8) is 0 Å². The third-order valence-corrected chi connectivity index (χ3v) is 4.39. The summed E-state index contributed by atoms with van der Waals surface area (Å²) in [6.45, 7) is 5.99. The molecule has 0 unspecified atom stereocenters. The molecule has 128 valence electrons. The largest absolute Gasteiger partial charge is 0.491 e. The Morgan fingerprint density at radius 3 is 2.64 bits per heavy atom. The predicted molar refractivity (Wildman–Crippen MR) is 102 cm³/mol. The molecule has 0 bridgehead atoms. The van der Waals surface area contributed by atoms with Crippen LogP contribution >= 0.6 is 11.3 Å². The van der Waals surface area contributed by atoms with Gasteiger partial charge in [0.15, 0.2) is 0 Å². The Kier molecular flexibility index (Phi) is 5.14. The summed E-state index contributed by atoms with van der Waals surface area (Å²) in [6, 6.07) is 15.4. The molecule has 2 aromatic carbocycles. The first-order chi connectivity index (χ1) is 12.0. The highest BCUT2D eigenvalue weighted by molar-refractivity contribution is 7.13. The summed E-state index contributed by atoms with van der Waals surface area (Å²) in [5.41, 5.74) is 3.27. The minimum Gasteiger partial charge on any atom is -0.491 e. The highest BCUT2D eigenvalue weighted by Gasteiger charge is 2.13. The fourth-order valence-electron chi connectivity index (χ4n) is 2.32. The van der Waals surface area contributed by atoms with E-state index in [9.17, 15) is 4.79 Å². The molecule has 1 aromatic heterocycles. The number of rotatable bonds is 5. The van der Waals surface area contributed by atoms with E-state index in [0.717, 1.165) is 27.6 Å². The number of hydrogen-bond acceptors (Lipinski definition) is 4. The summed E-state index contributed by atoms with van der Waals surface area (Å²) < 4.78 is 5.72. The van der Waals surface area contributed by atoms with Crippen molar-refractivity contribution in [1.82, 2.24) is 4.98 Å². The van der Waals surface area contributed by atoms with E-state index < -0.39 is 0 Å². The number of carbonyl (C=O) groups is 1. The standard InChI is InChI=1S/C20H20N2O2S/c1-13(2)24-17-6-4-5-15(11-17)20-22-18(12-25-20)19(23)21-16-9-7-14(3)8-10-16/h4-13H,1-3H3,(H,21,23). The highest BCUT2D eigenvalue weighted by atomic mass is 32.1. The lowest BCUT2D eigenvalue weighted by Crippen LogP contribution is -2.12. The van der Waals surface area contributed by atoms with Crippen LogP contribution in [-0.2, 0) is 0 Å². The van der Waals surface area contributed by atoms with Crippen molar-refractivity contribution >= 4 is 22.9 Å². The summed E-state index contributed by atoms with van der Waals surface area (Å²) in [5.74, 6) is 0.592. The Balaban J connectivity index is 1.75. The van der Waals surface area contributed by atoms with Crippen molar-refractivity contribution in [3.8, 4) is 16.3 Å². The predicted octanol–water partition coefficient (Wildman–Crippen LogP) is 5.16. The van der Waals surface area contributed by atoms with Gasteiger partial charge in [0.05, 0.1) is 6.10 Å². The molecule has 25 heavy (non-hydrogen) atoms. The third kappa shape index (κ3) is 4.45. The van der Waals surface area contributed by atoms with E-state index in [-0.39, 0.29) is 12.0 Å². The molecular formula is C20H20N2O2S. The molecule has 0 aliphatic carbocycles. The number of benzene rings is 2. The number of aromatic nitrogens is 1. The third-order valence-electron chi connectivity index (χ3n) is 3.50. The van der Waals surface area contributed by atoms with E-state index >= 15 is 0 Å². The number of amides is 1. The average Bonchev–Trinajstić information content (AvgIpc) is 3.07. The maximum Gasteiger partial charge on any atom is 0.275 e. The lowest BCUT2D eigenvalue weighted by Gasteiger charge is -2.10. The van der Waals surface area contributed by atoms with Crippen LogP contribution in [0.25, 0.3) is 10.6 Å². The van der Waals surface area contributed by atoms with Gasteiger partial charge in [-0.15, -0.1) is 11.3 Å². The van der Waals surface area contributed by atoms with E-state index in [1.807, 2.05) is 69.3 Å². The van der Waals surface area contributed by atoms with Crippen molar-refractivity contribution in [1.29, 1.82) is 0 Å². The van der Waals surface area contributed by atoms with Gasteiger partial charge in [-0.3, -0.25) is 4.79 Å². The fraction of sp³-hybridized carbons (Fsp3) is 0.200. The summed E-state index contributed by atoms with van der Waals surface area (Å²) >= 11 is 1.44. The van der Waals surface area contributed by atoms with Crippen molar-refractivity contribution in [2.24, 2.45) is 0 Å². The van der Waals surface area contributed by atoms with E-state index in [1.165, 1.54) is 11.3 Å². The molecule has 0 aliphatic rings. The number of nitrogens with zero attached hydrogens (tertiary/aromatic N) is 1. The van der Waals surface area contributed by atoms with E-state index in [1.54, 1.807) is 5.38 Å². The van der Waals surface area contributed by atoms with Gasteiger partial charge in [0.1, 0.15) is 16.5 Å². The Morgan fingerprint density at radius 2 is 1.92 bits per heavy atom. The van der Waals surface area contributed by atoms with Crippen molar-refractivity contribution < 1.29 is 9.53 Å². The van der Waals surface area contributed by atoms with E-state index in [4.69, 9.17) is 4.74 Å². The van der Waals surface area contributed by atoms with Crippen LogP contribution in [0.15, 0.2) is 53.9 Å². The van der Waals surface area contributed by atoms with Crippen molar-refractivity contribution in [2.45, 2.75) is 26.9 Å². The zero-order valence-electron chi connectivity index (χ0n) is 14.4. The second-order valence-electron chi connectivity index (χ2n) is 6.05. The normalized spacial score (nSPS) is 10.7. The van der Waals surface area contributed by atoms with Gasteiger partial charge < -0.3 is 10.1 Å². The molecule has 1 heterocycles. The first-order valence-corrected chi connectivity index (χ1v) is 9.00. The van der Waals surface area contributed by atoms with E-state index in [2.05, 4.69) is 10.3 Å². The molecule has 1 N–H and O–H groups in total. The molecule has 0 fully saturated rings. The maximum absolute atomic E-state index is 12.4. The molecule has 5 heteroatoms. The molecular weight excluding hydrogens is 332 g/mol. The number of thiazole rings is 1. The first kappa shape index (κ1) is 17.2. The summed E-state index contributed by atoms with van der Waals surface area (Å²) in [4.78, 5) is 16.8. The molecule has 0 spiro atoms. The second kappa shape index (κ2) is 7.49. The smallest absolute Gasteiger partial charge is 0.275 e. The SMILES string of the molecule is Cc1ccc(NC(=O)c2csc(-c3cccc(OC(C)C)c3)n2)cc1. The van der Waals surface area contributed by atoms with Crippen LogP contribution < -0.4 is 10.1 Å². The fourth-order valence-corrected chi connectivity index (χ4v) is 3.11. The van der Waals surface area contributed by atoms with Crippen LogP contribution in [0, 0.1) is 6.92 Å². The molecule has 1 amide bonds. The number of ether oxygens (including phenoxy) is 1. The number of hydrogen-bond donors (Lipinski definition) is 1. The number of aryl methyl sites for hydroxylation is 1. The summed E-state index contributed by atoms with van der Waals surface area (Å²) in [6.07, 6.45) is 0.113. The van der Waals surface area contributed by atoms with Gasteiger partial charge in [0, 0.05) is 16.6 Å². The monoisotopic (exact) mass is 352 g/mol. The highest BCUT2D eigenvalue weighted by Crippen LogP contribution is 2.27. The lowest BCUT2D eigenvalue weighted by atomic mass is 10.2. The topological polar surface area (TPSA) is 51.2 Å². The quantitative estimate of drug-likeness (QED) is 0.690. The lowest BCUT2D eigenvalue weighted by molar-refractivity contribution is 0.102. The Labute approximate surface area is 151 Å². The molecule has 0 atom stereocenters. The Bertz CT molecular complexity index is 869. The molecule has 0 aliphatic heterocycles. The summed E-state index contributed by atoms with van der Waals surface area (Å²) in [7, 11) is 0. The van der Waals surface area contributed by atoms with Crippen molar-refractivity contribution in [3.05, 3.63) is 65.2 Å². The molecule has 3 rings (SSSR count). The van der Waals surface area contributed by atoms with E-state index in [0.29, 0.717) is 5.69 Å². The van der Waals surface area contributed by atoms with Crippen LogP contribution in [0.4, 0.5) is 5.69 Å². The van der Waals surface area contributed by atoms with Gasteiger partial charge in [0.2, 0.25) is 0 Å². The van der Waals surface area contributed by atoms with Gasteiger partial charge >= 0.3 is 0 Å². The van der Waals surface area contributed by atoms with Crippen LogP contribution in [0.2, 0.25) is 0 Å². The van der Waals surface area contributed by atoms with Crippen LogP contribution in [0.5, 0.6) is 5.75 Å². The van der Waals surface area contributed by atoms with Gasteiger partial charge in [-0.05, 0) is 45.0 Å². The van der Waals surface area contributed by atoms with Gasteiger partial charge in [-0.1, -0.05) is 29.8 Å². The second-order valence-corrected chi connectivity index (χ2v) is 6.91. The Morgan fingerprint density at radius 1 is 1.16 bits per heavy atom. The van der Waals surface area contributed by atoms with Crippen LogP contribution in [0.3, 0.4) is 0 Å². The minimum atomic E-state index is -0.207. The number of nitrogens with one attached hydrogen (secondary N) is 1. The molecule has 0 saturated carbocycles. The molecule has 0 radical (unpaired) electrons. The van der Waals surface area contributed by atoms with Gasteiger partial charge in [-0.2, -0.15) is 0 Å². The van der Waals surface area contributed by atoms with Gasteiger partial charge in [-0.25, -0.2) is 4.98 Å². The molecule has 4 nitrogen and oxygen atoms in total. The first-order valence-electron chi connectivity index (χ1n) is 8.12.